The summed E-state index contributed by atoms with van der Waals surface area (Å²) in [6, 6.07) is 0. The normalized spacial score (nSPS) is 17.9. The molecule has 5 nitrogen and oxygen atoms in total. The highest BCUT2D eigenvalue weighted by Gasteiger charge is 2.32. The molecule has 0 aliphatic carbocycles. The third-order valence-corrected chi connectivity index (χ3v) is 6.06. The molecule has 19 heavy (non-hydrogen) atoms. The third kappa shape index (κ3) is 2.10. The lowest BCUT2D eigenvalue weighted by molar-refractivity contribution is 0.425. The molecule has 0 amide bonds. The number of rotatable bonds is 2. The first kappa shape index (κ1) is 13.1. The van der Waals surface area contributed by atoms with Gasteiger partial charge >= 0.3 is 0 Å². The zero-order valence-corrected chi connectivity index (χ0v) is 12.6. The molecule has 8 heteroatoms. The Bertz CT molecular complexity index is 760. The predicted octanol–water partition coefficient (Wildman–Crippen LogP) is 2.39. The number of hydrogen-bond donors (Lipinski definition) is 0. The Morgan fingerprint density at radius 1 is 1.47 bits per heavy atom. The van der Waals surface area contributed by atoms with E-state index in [0.717, 1.165) is 12.0 Å². The summed E-state index contributed by atoms with van der Waals surface area (Å²) in [5, 5.41) is 1.90. The minimum Gasteiger partial charge on any atom is -0.279 e. The molecule has 0 N–H and O–H groups in total. The van der Waals surface area contributed by atoms with Crippen LogP contribution in [0.3, 0.4) is 0 Å². The van der Waals surface area contributed by atoms with Crippen molar-refractivity contribution in [3.8, 4) is 0 Å². The summed E-state index contributed by atoms with van der Waals surface area (Å²) < 4.78 is 28.4. The Labute approximate surface area is 120 Å². The van der Waals surface area contributed by atoms with Gasteiger partial charge in [0.1, 0.15) is 0 Å². The standard InChI is InChI=1S/C11H12ClN3O2S2/c1-8-3-2-4-14(7-8)19(16,17)10-9(12)13-11-15(10)5-6-18-11/h3,5-6H,2,4,7H2,1H3. The molecule has 0 radical (unpaired) electrons. The van der Waals surface area contributed by atoms with Crippen molar-refractivity contribution < 1.29 is 8.42 Å². The zero-order chi connectivity index (χ0) is 13.6. The van der Waals surface area contributed by atoms with Crippen molar-refractivity contribution in [1.29, 1.82) is 0 Å². The highest BCUT2D eigenvalue weighted by Crippen LogP contribution is 2.29. The van der Waals surface area contributed by atoms with Crippen molar-refractivity contribution in [2.75, 3.05) is 13.1 Å². The summed E-state index contributed by atoms with van der Waals surface area (Å²) in [4.78, 5) is 4.67. The number of nitrogens with zero attached hydrogens (tertiary/aromatic N) is 3. The number of halogens is 1. The number of fused-ring (bicyclic) bond motifs is 1. The minimum absolute atomic E-state index is 0.0408. The van der Waals surface area contributed by atoms with Crippen LogP contribution in [0.4, 0.5) is 0 Å². The van der Waals surface area contributed by atoms with Gasteiger partial charge in [-0.3, -0.25) is 4.40 Å². The number of hydrogen-bond acceptors (Lipinski definition) is 4. The molecule has 3 rings (SSSR count). The minimum atomic E-state index is -3.61. The Morgan fingerprint density at radius 2 is 2.26 bits per heavy atom. The first-order valence-corrected chi connectivity index (χ1v) is 8.47. The lowest BCUT2D eigenvalue weighted by atomic mass is 10.2. The van der Waals surface area contributed by atoms with E-state index in [9.17, 15) is 8.42 Å². The van der Waals surface area contributed by atoms with Crippen LogP contribution in [0.1, 0.15) is 13.3 Å². The van der Waals surface area contributed by atoms with Crippen molar-refractivity contribution in [2.45, 2.75) is 18.4 Å². The number of thiazole rings is 1. The molecule has 0 unspecified atom stereocenters. The molecule has 0 fully saturated rings. The van der Waals surface area contributed by atoms with Crippen molar-refractivity contribution in [3.63, 3.8) is 0 Å². The first-order chi connectivity index (χ1) is 9.00. The molecule has 0 saturated carbocycles. The Kier molecular flexibility index (Phi) is 3.17. The topological polar surface area (TPSA) is 54.7 Å². The van der Waals surface area contributed by atoms with E-state index >= 15 is 0 Å². The molecule has 3 heterocycles. The van der Waals surface area contributed by atoms with E-state index in [1.807, 2.05) is 6.92 Å². The lowest BCUT2D eigenvalue weighted by Crippen LogP contribution is -2.36. The van der Waals surface area contributed by atoms with Gasteiger partial charge in [-0.15, -0.1) is 11.3 Å². The van der Waals surface area contributed by atoms with Crippen molar-refractivity contribution in [1.82, 2.24) is 13.7 Å². The SMILES string of the molecule is CC1=CCCN(S(=O)(=O)c2c(Cl)nc3sccn23)C1. The number of imidazole rings is 1. The van der Waals surface area contributed by atoms with Gasteiger partial charge in [0.25, 0.3) is 10.0 Å². The van der Waals surface area contributed by atoms with Crippen LogP contribution in [-0.2, 0) is 10.0 Å². The Balaban J connectivity index is 2.12. The molecule has 1 aliphatic rings. The Morgan fingerprint density at radius 3 is 3.00 bits per heavy atom. The molecule has 2 aromatic rings. The lowest BCUT2D eigenvalue weighted by Gasteiger charge is -2.25. The number of sulfonamides is 1. The van der Waals surface area contributed by atoms with Crippen LogP contribution in [0, 0.1) is 0 Å². The van der Waals surface area contributed by atoms with Gasteiger partial charge in [-0.1, -0.05) is 23.3 Å². The fourth-order valence-corrected chi connectivity index (χ4v) is 5.08. The monoisotopic (exact) mass is 317 g/mol. The van der Waals surface area contributed by atoms with Crippen LogP contribution in [0.15, 0.2) is 28.3 Å². The van der Waals surface area contributed by atoms with Crippen LogP contribution in [-0.4, -0.2) is 35.2 Å². The van der Waals surface area contributed by atoms with Gasteiger partial charge in [-0.2, -0.15) is 4.31 Å². The maximum atomic E-state index is 12.7. The predicted molar refractivity (Wildman–Crippen MR) is 75.2 cm³/mol. The summed E-state index contributed by atoms with van der Waals surface area (Å²) in [7, 11) is -3.61. The number of aromatic nitrogens is 2. The molecule has 1 aliphatic heterocycles. The smallest absolute Gasteiger partial charge is 0.262 e. The van der Waals surface area contributed by atoms with E-state index in [1.54, 1.807) is 11.6 Å². The van der Waals surface area contributed by atoms with E-state index in [-0.39, 0.29) is 10.2 Å². The van der Waals surface area contributed by atoms with E-state index in [2.05, 4.69) is 11.1 Å². The van der Waals surface area contributed by atoms with Crippen LogP contribution < -0.4 is 0 Å². The van der Waals surface area contributed by atoms with Crippen LogP contribution in [0.2, 0.25) is 5.15 Å². The second-order valence-electron chi connectivity index (χ2n) is 4.44. The van der Waals surface area contributed by atoms with E-state index < -0.39 is 10.0 Å². The average Bonchev–Trinajstić information content (AvgIpc) is 2.88. The van der Waals surface area contributed by atoms with Crippen molar-refractivity contribution >= 4 is 37.9 Å². The van der Waals surface area contributed by atoms with E-state index in [0.29, 0.717) is 18.1 Å². The highest BCUT2D eigenvalue weighted by molar-refractivity contribution is 7.89. The van der Waals surface area contributed by atoms with Crippen LogP contribution in [0.5, 0.6) is 0 Å². The fourth-order valence-electron chi connectivity index (χ4n) is 2.17. The summed E-state index contributed by atoms with van der Waals surface area (Å²) in [5.41, 5.74) is 1.05. The molecule has 2 aromatic heterocycles. The van der Waals surface area contributed by atoms with Gasteiger partial charge in [0, 0.05) is 24.7 Å². The molecular formula is C11H12ClN3O2S2. The summed E-state index contributed by atoms with van der Waals surface area (Å²) in [5.74, 6) is 0. The van der Waals surface area contributed by atoms with Gasteiger partial charge in [0.15, 0.2) is 15.1 Å². The average molecular weight is 318 g/mol. The summed E-state index contributed by atoms with van der Waals surface area (Å²) >= 11 is 7.36. The summed E-state index contributed by atoms with van der Waals surface area (Å²) in [6.45, 7) is 2.82. The fraction of sp³-hybridized carbons (Fsp3) is 0.364. The second-order valence-corrected chi connectivity index (χ2v) is 7.53. The maximum absolute atomic E-state index is 12.7. The summed E-state index contributed by atoms with van der Waals surface area (Å²) in [6.07, 6.45) is 4.47. The van der Waals surface area contributed by atoms with Gasteiger partial charge < -0.3 is 0 Å². The van der Waals surface area contributed by atoms with Crippen molar-refractivity contribution in [2.24, 2.45) is 0 Å². The largest absolute Gasteiger partial charge is 0.279 e. The first-order valence-electron chi connectivity index (χ1n) is 5.77. The molecule has 0 saturated heterocycles. The van der Waals surface area contributed by atoms with Gasteiger partial charge in [-0.25, -0.2) is 13.4 Å². The Hall–Kier alpha value is -0.890. The van der Waals surface area contributed by atoms with Gasteiger partial charge in [-0.05, 0) is 13.3 Å². The molecular weight excluding hydrogens is 306 g/mol. The molecule has 102 valence electrons. The molecule has 0 atom stereocenters. The second kappa shape index (κ2) is 4.59. The van der Waals surface area contributed by atoms with E-state index in [4.69, 9.17) is 11.6 Å². The van der Waals surface area contributed by atoms with Gasteiger partial charge in [0.2, 0.25) is 0 Å². The maximum Gasteiger partial charge on any atom is 0.262 e. The zero-order valence-electron chi connectivity index (χ0n) is 10.2. The highest BCUT2D eigenvalue weighted by atomic mass is 35.5. The molecule has 0 spiro atoms. The van der Waals surface area contributed by atoms with Gasteiger partial charge in [0.05, 0.1) is 0 Å². The van der Waals surface area contributed by atoms with Crippen LogP contribution in [0.25, 0.3) is 4.96 Å². The van der Waals surface area contributed by atoms with E-state index in [1.165, 1.54) is 20.0 Å². The quantitative estimate of drug-likeness (QED) is 0.799. The van der Waals surface area contributed by atoms with Crippen molar-refractivity contribution in [3.05, 3.63) is 28.4 Å². The molecule has 0 aromatic carbocycles. The third-order valence-electron chi connectivity index (χ3n) is 3.06. The molecule has 0 bridgehead atoms. The van der Waals surface area contributed by atoms with Crippen LogP contribution >= 0.6 is 22.9 Å².